The number of nitrogens with one attached hydrogen (secondary N) is 1. The van der Waals surface area contributed by atoms with Crippen molar-refractivity contribution < 1.29 is 0 Å². The van der Waals surface area contributed by atoms with Crippen molar-refractivity contribution in [2.24, 2.45) is 0 Å². The SMILES string of the molecule is CCCNC(Cc1nc(C)cs1)c1c(Cl)cccc1Cl. The molecule has 1 aromatic heterocycles. The number of hydrogen-bond donors (Lipinski definition) is 1. The molecular weight excluding hydrogens is 311 g/mol. The third kappa shape index (κ3) is 3.95. The maximum Gasteiger partial charge on any atom is 0.0947 e. The van der Waals surface area contributed by atoms with Crippen LogP contribution < -0.4 is 5.32 Å². The molecule has 2 aromatic rings. The second-order valence-corrected chi connectivity index (χ2v) is 6.49. The lowest BCUT2D eigenvalue weighted by atomic mass is 10.0. The van der Waals surface area contributed by atoms with Gasteiger partial charge in [-0.3, -0.25) is 0 Å². The van der Waals surface area contributed by atoms with E-state index < -0.39 is 0 Å². The van der Waals surface area contributed by atoms with E-state index in [0.29, 0.717) is 10.0 Å². The first-order chi connectivity index (χ1) is 9.61. The second kappa shape index (κ2) is 7.41. The van der Waals surface area contributed by atoms with Crippen molar-refractivity contribution in [3.05, 3.63) is 49.9 Å². The lowest BCUT2D eigenvalue weighted by Gasteiger charge is -2.20. The van der Waals surface area contributed by atoms with Gasteiger partial charge in [0, 0.05) is 39.1 Å². The largest absolute Gasteiger partial charge is 0.309 e. The highest BCUT2D eigenvalue weighted by atomic mass is 35.5. The zero-order valence-electron chi connectivity index (χ0n) is 11.6. The van der Waals surface area contributed by atoms with Gasteiger partial charge in [0.15, 0.2) is 0 Å². The molecule has 1 N–H and O–H groups in total. The van der Waals surface area contributed by atoms with Crippen molar-refractivity contribution >= 4 is 34.5 Å². The van der Waals surface area contributed by atoms with E-state index in [4.69, 9.17) is 23.2 Å². The van der Waals surface area contributed by atoms with Crippen LogP contribution in [0.15, 0.2) is 23.6 Å². The van der Waals surface area contributed by atoms with E-state index in [1.54, 1.807) is 11.3 Å². The van der Waals surface area contributed by atoms with Crippen LogP contribution in [0.5, 0.6) is 0 Å². The molecule has 0 saturated heterocycles. The number of thiazole rings is 1. The Hall–Kier alpha value is -0.610. The third-order valence-electron chi connectivity index (χ3n) is 3.03. The third-order valence-corrected chi connectivity index (χ3v) is 4.68. The first-order valence-electron chi connectivity index (χ1n) is 6.70. The number of aromatic nitrogens is 1. The minimum Gasteiger partial charge on any atom is -0.309 e. The molecule has 20 heavy (non-hydrogen) atoms. The van der Waals surface area contributed by atoms with Crippen LogP contribution >= 0.6 is 34.5 Å². The predicted molar refractivity (Wildman–Crippen MR) is 88.1 cm³/mol. The van der Waals surface area contributed by atoms with Gasteiger partial charge in [0.1, 0.15) is 0 Å². The minimum atomic E-state index is 0.0988. The summed E-state index contributed by atoms with van der Waals surface area (Å²) < 4.78 is 0. The number of benzene rings is 1. The van der Waals surface area contributed by atoms with Crippen LogP contribution in [0, 0.1) is 6.92 Å². The molecule has 0 aliphatic heterocycles. The van der Waals surface area contributed by atoms with Gasteiger partial charge in [-0.2, -0.15) is 0 Å². The van der Waals surface area contributed by atoms with Gasteiger partial charge in [0.25, 0.3) is 0 Å². The highest BCUT2D eigenvalue weighted by Crippen LogP contribution is 2.32. The standard InChI is InChI=1S/C15H18Cl2N2S/c1-3-7-18-13(8-14-19-10(2)9-20-14)15-11(16)5-4-6-12(15)17/h4-6,9,13,18H,3,7-8H2,1-2H3. The minimum absolute atomic E-state index is 0.0988. The van der Waals surface area contributed by atoms with Gasteiger partial charge >= 0.3 is 0 Å². The lowest BCUT2D eigenvalue weighted by molar-refractivity contribution is 0.528. The number of aryl methyl sites for hydroxylation is 1. The van der Waals surface area contributed by atoms with E-state index in [-0.39, 0.29) is 6.04 Å². The Kier molecular flexibility index (Phi) is 5.85. The molecule has 0 radical (unpaired) electrons. The van der Waals surface area contributed by atoms with Gasteiger partial charge in [0.2, 0.25) is 0 Å². The molecule has 1 heterocycles. The van der Waals surface area contributed by atoms with E-state index in [1.165, 1.54) is 0 Å². The Bertz CT molecular complexity index is 549. The second-order valence-electron chi connectivity index (χ2n) is 4.73. The van der Waals surface area contributed by atoms with Crippen LogP contribution in [0.2, 0.25) is 10.0 Å². The molecule has 0 aliphatic rings. The van der Waals surface area contributed by atoms with Gasteiger partial charge in [-0.05, 0) is 32.0 Å². The normalized spacial score (nSPS) is 12.6. The highest BCUT2D eigenvalue weighted by Gasteiger charge is 2.19. The van der Waals surface area contributed by atoms with Crippen LogP contribution in [0.1, 0.15) is 35.7 Å². The van der Waals surface area contributed by atoms with Crippen LogP contribution in [-0.4, -0.2) is 11.5 Å². The van der Waals surface area contributed by atoms with Gasteiger partial charge in [-0.15, -0.1) is 11.3 Å². The molecule has 108 valence electrons. The summed E-state index contributed by atoms with van der Waals surface area (Å²) >= 11 is 14.3. The Labute approximate surface area is 134 Å². The van der Waals surface area contributed by atoms with Gasteiger partial charge < -0.3 is 5.32 Å². The summed E-state index contributed by atoms with van der Waals surface area (Å²) in [6.45, 7) is 5.08. The van der Waals surface area contributed by atoms with E-state index >= 15 is 0 Å². The summed E-state index contributed by atoms with van der Waals surface area (Å²) in [6.07, 6.45) is 1.87. The Morgan fingerprint density at radius 2 is 2.00 bits per heavy atom. The molecular formula is C15H18Cl2N2S. The van der Waals surface area contributed by atoms with Crippen molar-refractivity contribution in [1.82, 2.24) is 10.3 Å². The van der Waals surface area contributed by atoms with Crippen molar-refractivity contribution in [3.63, 3.8) is 0 Å². The highest BCUT2D eigenvalue weighted by molar-refractivity contribution is 7.09. The smallest absolute Gasteiger partial charge is 0.0947 e. The maximum atomic E-state index is 6.33. The Morgan fingerprint density at radius 3 is 2.55 bits per heavy atom. The van der Waals surface area contributed by atoms with Gasteiger partial charge in [-0.1, -0.05) is 36.2 Å². The molecule has 0 fully saturated rings. The number of hydrogen-bond acceptors (Lipinski definition) is 3. The first kappa shape index (κ1) is 15.8. The quantitative estimate of drug-likeness (QED) is 0.803. The molecule has 1 unspecified atom stereocenters. The monoisotopic (exact) mass is 328 g/mol. The van der Waals surface area contributed by atoms with Crippen LogP contribution in [0.25, 0.3) is 0 Å². The molecule has 2 nitrogen and oxygen atoms in total. The van der Waals surface area contributed by atoms with E-state index in [2.05, 4.69) is 22.6 Å². The van der Waals surface area contributed by atoms with Crippen LogP contribution in [-0.2, 0) is 6.42 Å². The fourth-order valence-electron chi connectivity index (χ4n) is 2.11. The summed E-state index contributed by atoms with van der Waals surface area (Å²) in [5, 5.41) is 8.11. The average Bonchev–Trinajstić information content (AvgIpc) is 2.81. The zero-order valence-corrected chi connectivity index (χ0v) is 13.9. The summed E-state index contributed by atoms with van der Waals surface area (Å²) in [4.78, 5) is 4.54. The van der Waals surface area contributed by atoms with Crippen molar-refractivity contribution in [1.29, 1.82) is 0 Å². The van der Waals surface area contributed by atoms with E-state index in [1.807, 2.05) is 25.1 Å². The number of halogens is 2. The molecule has 0 amide bonds. The molecule has 1 aromatic carbocycles. The lowest BCUT2D eigenvalue weighted by Crippen LogP contribution is -2.24. The maximum absolute atomic E-state index is 6.33. The fraction of sp³-hybridized carbons (Fsp3) is 0.400. The van der Waals surface area contributed by atoms with Crippen molar-refractivity contribution in [3.8, 4) is 0 Å². The average molecular weight is 329 g/mol. The first-order valence-corrected chi connectivity index (χ1v) is 8.33. The van der Waals surface area contributed by atoms with Gasteiger partial charge in [-0.25, -0.2) is 4.98 Å². The molecule has 0 aliphatic carbocycles. The summed E-state index contributed by atoms with van der Waals surface area (Å²) in [7, 11) is 0. The van der Waals surface area contributed by atoms with E-state index in [0.717, 1.165) is 35.7 Å². The van der Waals surface area contributed by atoms with Crippen molar-refractivity contribution in [2.45, 2.75) is 32.7 Å². The fourth-order valence-corrected chi connectivity index (χ4v) is 3.59. The number of nitrogens with zero attached hydrogens (tertiary/aromatic N) is 1. The van der Waals surface area contributed by atoms with Gasteiger partial charge in [0.05, 0.1) is 5.01 Å². The number of rotatable bonds is 6. The summed E-state index contributed by atoms with van der Waals surface area (Å²) in [5.74, 6) is 0. The zero-order chi connectivity index (χ0) is 14.5. The molecule has 2 rings (SSSR count). The molecule has 0 saturated carbocycles. The summed E-state index contributed by atoms with van der Waals surface area (Å²) in [6, 6.07) is 5.74. The molecule has 0 bridgehead atoms. The van der Waals surface area contributed by atoms with Crippen LogP contribution in [0.3, 0.4) is 0 Å². The van der Waals surface area contributed by atoms with Crippen molar-refractivity contribution in [2.75, 3.05) is 6.54 Å². The Morgan fingerprint density at radius 1 is 1.30 bits per heavy atom. The predicted octanol–water partition coefficient (Wildman–Crippen LogP) is 5.04. The van der Waals surface area contributed by atoms with Crippen LogP contribution in [0.4, 0.5) is 0 Å². The molecule has 0 spiro atoms. The summed E-state index contributed by atoms with van der Waals surface area (Å²) in [5.41, 5.74) is 2.03. The Balaban J connectivity index is 2.27. The molecule has 1 atom stereocenters. The van der Waals surface area contributed by atoms with E-state index in [9.17, 15) is 0 Å². The molecule has 5 heteroatoms. The topological polar surface area (TPSA) is 24.9 Å².